The molecule has 2 atom stereocenters. The molecule has 154 valence electrons. The second kappa shape index (κ2) is 8.45. The summed E-state index contributed by atoms with van der Waals surface area (Å²) in [6, 6.07) is 14.7. The van der Waals surface area contributed by atoms with E-state index in [1.807, 2.05) is 48.5 Å². The summed E-state index contributed by atoms with van der Waals surface area (Å²) in [6.07, 6.45) is -0.890. The van der Waals surface area contributed by atoms with Crippen molar-refractivity contribution < 1.29 is 24.2 Å². The van der Waals surface area contributed by atoms with Gasteiger partial charge in [0.1, 0.15) is 23.5 Å². The molecule has 2 aromatic rings. The average molecular weight is 462 g/mol. The zero-order chi connectivity index (χ0) is 21.2. The lowest BCUT2D eigenvalue weighted by molar-refractivity contribution is -0.142. The van der Waals surface area contributed by atoms with Crippen molar-refractivity contribution in [1.82, 2.24) is 4.90 Å². The molecule has 0 bridgehead atoms. The predicted molar refractivity (Wildman–Crippen MR) is 113 cm³/mol. The van der Waals surface area contributed by atoms with Crippen molar-refractivity contribution in [2.75, 3.05) is 6.54 Å². The van der Waals surface area contributed by atoms with Gasteiger partial charge < -0.3 is 14.6 Å². The Kier molecular flexibility index (Phi) is 6.17. The molecular formula is C22H24BrNO5. The maximum absolute atomic E-state index is 12.4. The predicted octanol–water partition coefficient (Wildman–Crippen LogP) is 4.96. The van der Waals surface area contributed by atoms with Gasteiger partial charge in [0.05, 0.1) is 11.0 Å². The van der Waals surface area contributed by atoms with E-state index in [1.54, 1.807) is 20.8 Å². The minimum Gasteiger partial charge on any atom is -0.487 e. The first-order valence-corrected chi connectivity index (χ1v) is 10.2. The van der Waals surface area contributed by atoms with E-state index in [9.17, 15) is 14.7 Å². The van der Waals surface area contributed by atoms with Gasteiger partial charge in [-0.05, 0) is 60.0 Å². The summed E-state index contributed by atoms with van der Waals surface area (Å²) in [5.74, 6) is -0.467. The quantitative estimate of drug-likeness (QED) is 0.696. The molecule has 3 rings (SSSR count). The number of amides is 1. The molecule has 0 aromatic heterocycles. The average Bonchev–Trinajstić information content (AvgIpc) is 3.07. The van der Waals surface area contributed by atoms with Crippen LogP contribution in [0.15, 0.2) is 53.0 Å². The molecule has 0 radical (unpaired) electrons. The molecule has 0 saturated carbocycles. The number of hydrogen-bond acceptors (Lipinski definition) is 4. The highest BCUT2D eigenvalue weighted by Crippen LogP contribution is 2.33. The second-order valence-corrected chi connectivity index (χ2v) is 8.83. The zero-order valence-corrected chi connectivity index (χ0v) is 18.2. The van der Waals surface area contributed by atoms with Gasteiger partial charge in [0, 0.05) is 6.42 Å². The van der Waals surface area contributed by atoms with Crippen LogP contribution in [0.5, 0.6) is 5.75 Å². The van der Waals surface area contributed by atoms with Crippen molar-refractivity contribution in [3.8, 4) is 16.9 Å². The van der Waals surface area contributed by atoms with Crippen LogP contribution in [0.25, 0.3) is 11.1 Å². The van der Waals surface area contributed by atoms with Crippen LogP contribution in [-0.4, -0.2) is 46.4 Å². The third-order valence-corrected chi connectivity index (χ3v) is 5.13. The molecule has 1 aliphatic heterocycles. The number of ether oxygens (including phenoxy) is 2. The van der Waals surface area contributed by atoms with Crippen molar-refractivity contribution in [3.63, 3.8) is 0 Å². The standard InChI is InChI=1S/C22H24BrNO5/c1-22(2,3)29-21(27)24-13-16(12-18(24)20(25)26)28-19-10-9-15(11-17(19)23)14-7-5-4-6-8-14/h4-11,16,18H,12-13H2,1-3H3,(H,25,26)/t16-,18-/m1/s1. The van der Waals surface area contributed by atoms with Gasteiger partial charge in [-0.3, -0.25) is 4.90 Å². The molecule has 1 amide bonds. The Balaban J connectivity index is 1.73. The number of carboxylic acid groups (broad SMARTS) is 1. The lowest BCUT2D eigenvalue weighted by atomic mass is 10.1. The Morgan fingerprint density at radius 1 is 1.10 bits per heavy atom. The minimum atomic E-state index is -1.07. The maximum Gasteiger partial charge on any atom is 0.411 e. The van der Waals surface area contributed by atoms with Crippen LogP contribution in [0.4, 0.5) is 4.79 Å². The Hall–Kier alpha value is -2.54. The van der Waals surface area contributed by atoms with Gasteiger partial charge >= 0.3 is 12.1 Å². The number of benzene rings is 2. The minimum absolute atomic E-state index is 0.152. The molecule has 0 spiro atoms. The van der Waals surface area contributed by atoms with Crippen LogP contribution in [0.3, 0.4) is 0 Å². The number of aliphatic carboxylic acids is 1. The smallest absolute Gasteiger partial charge is 0.411 e. The van der Waals surface area contributed by atoms with E-state index in [1.165, 1.54) is 4.90 Å². The van der Waals surface area contributed by atoms with E-state index >= 15 is 0 Å². The summed E-state index contributed by atoms with van der Waals surface area (Å²) < 4.78 is 12.1. The zero-order valence-electron chi connectivity index (χ0n) is 16.6. The van der Waals surface area contributed by atoms with Crippen molar-refractivity contribution >= 4 is 28.0 Å². The molecule has 0 unspecified atom stereocenters. The van der Waals surface area contributed by atoms with Crippen LogP contribution in [-0.2, 0) is 9.53 Å². The van der Waals surface area contributed by atoms with Gasteiger partial charge in [0.2, 0.25) is 0 Å². The van der Waals surface area contributed by atoms with E-state index in [2.05, 4.69) is 15.9 Å². The summed E-state index contributed by atoms with van der Waals surface area (Å²) in [7, 11) is 0. The van der Waals surface area contributed by atoms with Gasteiger partial charge in [-0.25, -0.2) is 9.59 Å². The summed E-state index contributed by atoms with van der Waals surface area (Å²) in [5.41, 5.74) is 1.42. The molecule has 2 aromatic carbocycles. The molecule has 1 saturated heterocycles. The number of rotatable bonds is 4. The highest BCUT2D eigenvalue weighted by Gasteiger charge is 2.42. The van der Waals surface area contributed by atoms with Crippen molar-refractivity contribution in [3.05, 3.63) is 53.0 Å². The lowest BCUT2D eigenvalue weighted by Crippen LogP contribution is -2.43. The fraction of sp³-hybridized carbons (Fsp3) is 0.364. The molecular weight excluding hydrogens is 438 g/mol. The molecule has 1 fully saturated rings. The topological polar surface area (TPSA) is 76.1 Å². The lowest BCUT2D eigenvalue weighted by Gasteiger charge is -2.26. The molecule has 1 aliphatic rings. The monoisotopic (exact) mass is 461 g/mol. The summed E-state index contributed by atoms with van der Waals surface area (Å²) in [4.78, 5) is 25.3. The number of halogens is 1. The largest absolute Gasteiger partial charge is 0.487 e. The van der Waals surface area contributed by atoms with Crippen LogP contribution in [0, 0.1) is 0 Å². The fourth-order valence-electron chi connectivity index (χ4n) is 3.23. The molecule has 7 heteroatoms. The molecule has 6 nitrogen and oxygen atoms in total. The second-order valence-electron chi connectivity index (χ2n) is 7.97. The van der Waals surface area contributed by atoms with Crippen LogP contribution >= 0.6 is 15.9 Å². The Labute approximate surface area is 178 Å². The van der Waals surface area contributed by atoms with E-state index in [0.717, 1.165) is 15.6 Å². The molecule has 1 heterocycles. The number of carbonyl (C=O) groups excluding carboxylic acids is 1. The van der Waals surface area contributed by atoms with Gasteiger partial charge in [0.15, 0.2) is 0 Å². The summed E-state index contributed by atoms with van der Waals surface area (Å²) in [5, 5.41) is 9.52. The van der Waals surface area contributed by atoms with Crippen LogP contribution in [0.2, 0.25) is 0 Å². The first kappa shape index (κ1) is 21.2. The third kappa shape index (κ3) is 5.29. The summed E-state index contributed by atoms with van der Waals surface area (Å²) >= 11 is 3.53. The van der Waals surface area contributed by atoms with E-state index in [0.29, 0.717) is 5.75 Å². The first-order valence-electron chi connectivity index (χ1n) is 9.38. The fourth-order valence-corrected chi connectivity index (χ4v) is 3.70. The van der Waals surface area contributed by atoms with Gasteiger partial charge in [0.25, 0.3) is 0 Å². The van der Waals surface area contributed by atoms with Crippen LogP contribution < -0.4 is 4.74 Å². The highest BCUT2D eigenvalue weighted by molar-refractivity contribution is 9.10. The number of carbonyl (C=O) groups is 2. The Bertz CT molecular complexity index is 894. The SMILES string of the molecule is CC(C)(C)OC(=O)N1C[C@H](Oc2ccc(-c3ccccc3)cc2Br)C[C@@H]1C(=O)O. The summed E-state index contributed by atoms with van der Waals surface area (Å²) in [6.45, 7) is 5.39. The molecule has 1 N–H and O–H groups in total. The van der Waals surface area contributed by atoms with Gasteiger partial charge in [-0.2, -0.15) is 0 Å². The van der Waals surface area contributed by atoms with Gasteiger partial charge in [-0.15, -0.1) is 0 Å². The number of nitrogens with zero attached hydrogens (tertiary/aromatic N) is 1. The highest BCUT2D eigenvalue weighted by atomic mass is 79.9. The maximum atomic E-state index is 12.4. The van der Waals surface area contributed by atoms with Crippen molar-refractivity contribution in [2.24, 2.45) is 0 Å². The Morgan fingerprint density at radius 3 is 2.38 bits per heavy atom. The van der Waals surface area contributed by atoms with E-state index < -0.39 is 29.8 Å². The normalized spacial score (nSPS) is 19.1. The van der Waals surface area contributed by atoms with E-state index in [-0.39, 0.29) is 13.0 Å². The Morgan fingerprint density at radius 2 is 1.79 bits per heavy atom. The van der Waals surface area contributed by atoms with Crippen molar-refractivity contribution in [1.29, 1.82) is 0 Å². The van der Waals surface area contributed by atoms with Crippen molar-refractivity contribution in [2.45, 2.75) is 44.9 Å². The first-order chi connectivity index (χ1) is 13.6. The van der Waals surface area contributed by atoms with Crippen LogP contribution in [0.1, 0.15) is 27.2 Å². The third-order valence-electron chi connectivity index (χ3n) is 4.51. The van der Waals surface area contributed by atoms with E-state index in [4.69, 9.17) is 9.47 Å². The molecule has 0 aliphatic carbocycles. The number of likely N-dealkylation sites (tertiary alicyclic amines) is 1. The van der Waals surface area contributed by atoms with Gasteiger partial charge in [-0.1, -0.05) is 36.4 Å². The number of carboxylic acids is 1. The number of hydrogen-bond donors (Lipinski definition) is 1. The molecule has 29 heavy (non-hydrogen) atoms.